The fraction of sp³-hybridized carbons (Fsp3) is 0.500. The van der Waals surface area contributed by atoms with Gasteiger partial charge in [0.25, 0.3) is 0 Å². The van der Waals surface area contributed by atoms with E-state index in [1.165, 1.54) is 0 Å². The normalized spacial score (nSPS) is 12.2. The molecule has 2 N–H and O–H groups in total. The number of rotatable bonds is 9. The smallest absolute Gasteiger partial charge is 0.305 e. The van der Waals surface area contributed by atoms with Gasteiger partial charge in [0.1, 0.15) is 5.75 Å². The van der Waals surface area contributed by atoms with E-state index in [4.69, 9.17) is 9.84 Å². The van der Waals surface area contributed by atoms with Crippen molar-refractivity contribution in [2.75, 3.05) is 13.2 Å². The fourth-order valence-electron chi connectivity index (χ4n) is 1.89. The number of benzene rings is 1. The van der Waals surface area contributed by atoms with Gasteiger partial charge < -0.3 is 15.2 Å². The maximum absolute atomic E-state index is 12.4. The van der Waals surface area contributed by atoms with Gasteiger partial charge >= 0.3 is 5.97 Å². The predicted octanol–water partition coefficient (Wildman–Crippen LogP) is 2.36. The van der Waals surface area contributed by atoms with Crippen molar-refractivity contribution in [3.05, 3.63) is 29.8 Å². The summed E-state index contributed by atoms with van der Waals surface area (Å²) in [7, 11) is 0. The molecule has 1 atom stereocenters. The summed E-state index contributed by atoms with van der Waals surface area (Å²) in [6.07, 6.45) is -0.223. The lowest BCUT2D eigenvalue weighted by Gasteiger charge is -2.17. The number of carbonyl (C=O) groups excluding carboxylic acids is 1. The molecule has 0 spiro atoms. The number of ether oxygens (including phenoxy) is 1. The van der Waals surface area contributed by atoms with E-state index >= 15 is 0 Å². The summed E-state index contributed by atoms with van der Waals surface area (Å²) >= 11 is 0. The zero-order chi connectivity index (χ0) is 15.8. The highest BCUT2D eigenvalue weighted by Gasteiger charge is 2.22. The number of hydrogen-bond acceptors (Lipinski definition) is 4. The number of nitrogens with one attached hydrogen (secondary N) is 1. The van der Waals surface area contributed by atoms with Crippen LogP contribution in [0, 0.1) is 5.92 Å². The van der Waals surface area contributed by atoms with Gasteiger partial charge in [0, 0.05) is 5.56 Å². The summed E-state index contributed by atoms with van der Waals surface area (Å²) in [5.74, 6) is -0.162. The monoisotopic (exact) mass is 293 g/mol. The zero-order valence-electron chi connectivity index (χ0n) is 12.8. The molecule has 1 unspecified atom stereocenters. The van der Waals surface area contributed by atoms with E-state index < -0.39 is 12.0 Å². The molecule has 0 bridgehead atoms. The van der Waals surface area contributed by atoms with E-state index in [-0.39, 0.29) is 12.2 Å². The number of carboxylic acid groups (broad SMARTS) is 1. The van der Waals surface area contributed by atoms with Gasteiger partial charge in [0.2, 0.25) is 0 Å². The van der Waals surface area contributed by atoms with Crippen LogP contribution >= 0.6 is 0 Å². The van der Waals surface area contributed by atoms with Crippen molar-refractivity contribution >= 4 is 11.8 Å². The Morgan fingerprint density at radius 2 is 1.86 bits per heavy atom. The van der Waals surface area contributed by atoms with Crippen molar-refractivity contribution in [1.82, 2.24) is 5.32 Å². The molecule has 0 saturated heterocycles. The molecule has 0 aliphatic heterocycles. The van der Waals surface area contributed by atoms with Crippen LogP contribution in [0.3, 0.4) is 0 Å². The zero-order valence-corrected chi connectivity index (χ0v) is 12.8. The standard InChI is InChI=1S/C16H23NO4/c1-4-21-13-7-5-12(6-8-13)16(20)14(9-15(18)19)17-10-11(2)3/h5-8,11,14,17H,4,9-10H2,1-3H3,(H,18,19). The lowest BCUT2D eigenvalue weighted by atomic mass is 10.0. The average molecular weight is 293 g/mol. The Hall–Kier alpha value is -1.88. The minimum Gasteiger partial charge on any atom is -0.494 e. The lowest BCUT2D eigenvalue weighted by Crippen LogP contribution is -2.40. The van der Waals surface area contributed by atoms with E-state index in [0.717, 1.165) is 0 Å². The second kappa shape index (κ2) is 8.42. The van der Waals surface area contributed by atoms with Crippen molar-refractivity contribution in [1.29, 1.82) is 0 Å². The van der Waals surface area contributed by atoms with Gasteiger partial charge in [0.15, 0.2) is 5.78 Å². The number of ketones is 1. The summed E-state index contributed by atoms with van der Waals surface area (Å²) in [5, 5.41) is 12.0. The Bertz CT molecular complexity index is 468. The first-order chi connectivity index (χ1) is 9.93. The summed E-state index contributed by atoms with van der Waals surface area (Å²) in [6.45, 7) is 7.06. The van der Waals surface area contributed by atoms with Gasteiger partial charge in [-0.3, -0.25) is 9.59 Å². The van der Waals surface area contributed by atoms with Crippen LogP contribution in [0.1, 0.15) is 37.6 Å². The lowest BCUT2D eigenvalue weighted by molar-refractivity contribution is -0.137. The molecule has 0 aliphatic rings. The molecule has 5 nitrogen and oxygen atoms in total. The topological polar surface area (TPSA) is 75.6 Å². The molecule has 0 amide bonds. The highest BCUT2D eigenvalue weighted by molar-refractivity contribution is 6.01. The van der Waals surface area contributed by atoms with E-state index in [0.29, 0.717) is 30.4 Å². The highest BCUT2D eigenvalue weighted by atomic mass is 16.5. The minimum atomic E-state index is -0.990. The predicted molar refractivity (Wildman–Crippen MR) is 80.8 cm³/mol. The Labute approximate surface area is 125 Å². The van der Waals surface area contributed by atoms with Crippen molar-refractivity contribution in [2.24, 2.45) is 5.92 Å². The largest absolute Gasteiger partial charge is 0.494 e. The van der Waals surface area contributed by atoms with Gasteiger partial charge in [-0.05, 0) is 43.7 Å². The highest BCUT2D eigenvalue weighted by Crippen LogP contribution is 2.14. The Kier molecular flexibility index (Phi) is 6.88. The van der Waals surface area contributed by atoms with Gasteiger partial charge in [-0.25, -0.2) is 0 Å². The first-order valence-corrected chi connectivity index (χ1v) is 7.16. The molecule has 116 valence electrons. The van der Waals surface area contributed by atoms with Crippen LogP contribution in [0.5, 0.6) is 5.75 Å². The Balaban J connectivity index is 2.80. The summed E-state index contributed by atoms with van der Waals surface area (Å²) < 4.78 is 5.32. The number of carbonyl (C=O) groups is 2. The third-order valence-electron chi connectivity index (χ3n) is 2.92. The minimum absolute atomic E-state index is 0.207. The number of aliphatic carboxylic acids is 1. The van der Waals surface area contributed by atoms with Crippen LogP contribution in [0.15, 0.2) is 24.3 Å². The summed E-state index contributed by atoms with van der Waals surface area (Å²) in [6, 6.07) is 6.06. The van der Waals surface area contributed by atoms with Crippen LogP contribution in [0.2, 0.25) is 0 Å². The fourth-order valence-corrected chi connectivity index (χ4v) is 1.89. The molecule has 0 saturated carbocycles. The van der Waals surface area contributed by atoms with Crippen LogP contribution < -0.4 is 10.1 Å². The number of hydrogen-bond donors (Lipinski definition) is 2. The molecule has 0 fully saturated rings. The van der Waals surface area contributed by atoms with Crippen molar-refractivity contribution in [3.8, 4) is 5.75 Å². The molecule has 21 heavy (non-hydrogen) atoms. The van der Waals surface area contributed by atoms with Crippen LogP contribution in [-0.2, 0) is 4.79 Å². The van der Waals surface area contributed by atoms with Gasteiger partial charge in [-0.1, -0.05) is 13.8 Å². The summed E-state index contributed by atoms with van der Waals surface area (Å²) in [4.78, 5) is 23.3. The van der Waals surface area contributed by atoms with Gasteiger partial charge in [-0.15, -0.1) is 0 Å². The third-order valence-corrected chi connectivity index (χ3v) is 2.92. The quantitative estimate of drug-likeness (QED) is 0.684. The summed E-state index contributed by atoms with van der Waals surface area (Å²) in [5.41, 5.74) is 0.487. The van der Waals surface area contributed by atoms with Crippen LogP contribution in [0.25, 0.3) is 0 Å². The van der Waals surface area contributed by atoms with Crippen molar-refractivity contribution < 1.29 is 19.4 Å². The molecular weight excluding hydrogens is 270 g/mol. The van der Waals surface area contributed by atoms with E-state index in [1.54, 1.807) is 24.3 Å². The molecule has 0 aromatic heterocycles. The van der Waals surface area contributed by atoms with Crippen LogP contribution in [-0.4, -0.2) is 36.1 Å². The molecular formula is C16H23NO4. The van der Waals surface area contributed by atoms with Crippen LogP contribution in [0.4, 0.5) is 0 Å². The maximum atomic E-state index is 12.4. The Morgan fingerprint density at radius 3 is 2.33 bits per heavy atom. The molecule has 1 aromatic carbocycles. The molecule has 0 aliphatic carbocycles. The van der Waals surface area contributed by atoms with Gasteiger partial charge in [0.05, 0.1) is 19.1 Å². The average Bonchev–Trinajstić information content (AvgIpc) is 2.43. The maximum Gasteiger partial charge on any atom is 0.305 e. The molecule has 5 heteroatoms. The molecule has 1 aromatic rings. The van der Waals surface area contributed by atoms with E-state index in [2.05, 4.69) is 5.32 Å². The SMILES string of the molecule is CCOc1ccc(C(=O)C(CC(=O)O)NCC(C)C)cc1. The molecule has 0 radical (unpaired) electrons. The first kappa shape index (κ1) is 17.2. The van der Waals surface area contributed by atoms with Crippen molar-refractivity contribution in [3.63, 3.8) is 0 Å². The number of Topliss-reactive ketones (excluding diaryl/α,β-unsaturated/α-hetero) is 1. The van der Waals surface area contributed by atoms with Gasteiger partial charge in [-0.2, -0.15) is 0 Å². The number of carboxylic acids is 1. The molecule has 0 heterocycles. The van der Waals surface area contributed by atoms with Crippen molar-refractivity contribution in [2.45, 2.75) is 33.2 Å². The van der Waals surface area contributed by atoms with E-state index in [9.17, 15) is 9.59 Å². The Morgan fingerprint density at radius 1 is 1.24 bits per heavy atom. The van der Waals surface area contributed by atoms with E-state index in [1.807, 2.05) is 20.8 Å². The molecule has 1 rings (SSSR count). The second-order valence-electron chi connectivity index (χ2n) is 5.27. The second-order valence-corrected chi connectivity index (χ2v) is 5.27. The third kappa shape index (κ3) is 5.95. The first-order valence-electron chi connectivity index (χ1n) is 7.16.